The molecule has 1 aromatic heterocycles. The van der Waals surface area contributed by atoms with E-state index < -0.39 is 17.9 Å². The highest BCUT2D eigenvalue weighted by atomic mass is 35.5. The monoisotopic (exact) mass is 255 g/mol. The van der Waals surface area contributed by atoms with Crippen molar-refractivity contribution >= 4 is 18.4 Å². The maximum absolute atomic E-state index is 13.3. The lowest BCUT2D eigenvalue weighted by atomic mass is 10.1. The smallest absolute Gasteiger partial charge is 0.379 e. The quantitative estimate of drug-likeness (QED) is 0.835. The van der Waals surface area contributed by atoms with Crippen LogP contribution in [0.5, 0.6) is 0 Å². The summed E-state index contributed by atoms with van der Waals surface area (Å²) in [5, 5.41) is 0. The number of furan rings is 1. The third-order valence-corrected chi connectivity index (χ3v) is 1.84. The Morgan fingerprint density at radius 2 is 2.31 bits per heavy atom. The zero-order chi connectivity index (χ0) is 11.5. The SMILES string of the molecule is CCOC(=O)C(F)(F)[C@H](N)c1ccoc1.Cl. The van der Waals surface area contributed by atoms with Gasteiger partial charge in [0.15, 0.2) is 0 Å². The Balaban J connectivity index is 0.00000225. The summed E-state index contributed by atoms with van der Waals surface area (Å²) in [6, 6.07) is -0.479. The largest absolute Gasteiger partial charge is 0.472 e. The van der Waals surface area contributed by atoms with Crippen molar-refractivity contribution in [2.24, 2.45) is 5.73 Å². The van der Waals surface area contributed by atoms with Crippen LogP contribution in [-0.2, 0) is 9.53 Å². The van der Waals surface area contributed by atoms with Gasteiger partial charge in [-0.25, -0.2) is 4.79 Å². The standard InChI is InChI=1S/C9H11F2NO3.ClH/c1-2-15-8(13)9(10,11)7(12)6-3-4-14-5-6;/h3-5,7H,2,12H2,1H3;1H/t7-;/m1./s1. The highest BCUT2D eigenvalue weighted by Crippen LogP contribution is 2.30. The number of ether oxygens (including phenoxy) is 1. The number of hydrogen-bond donors (Lipinski definition) is 1. The molecule has 0 saturated heterocycles. The van der Waals surface area contributed by atoms with Crippen molar-refractivity contribution in [3.05, 3.63) is 24.2 Å². The van der Waals surface area contributed by atoms with Crippen LogP contribution in [-0.4, -0.2) is 18.5 Å². The summed E-state index contributed by atoms with van der Waals surface area (Å²) in [4.78, 5) is 10.9. The average Bonchev–Trinajstić information content (AvgIpc) is 2.69. The van der Waals surface area contributed by atoms with Crippen LogP contribution < -0.4 is 5.73 Å². The molecule has 92 valence electrons. The fourth-order valence-electron chi connectivity index (χ4n) is 1.02. The maximum Gasteiger partial charge on any atom is 0.379 e. The molecule has 0 unspecified atom stereocenters. The van der Waals surface area contributed by atoms with Crippen LogP contribution in [0.25, 0.3) is 0 Å². The van der Waals surface area contributed by atoms with E-state index in [1.807, 2.05) is 0 Å². The molecule has 7 heteroatoms. The molecule has 0 fully saturated rings. The van der Waals surface area contributed by atoms with Gasteiger partial charge in [-0.2, -0.15) is 8.78 Å². The first-order chi connectivity index (χ1) is 7.00. The molecule has 4 nitrogen and oxygen atoms in total. The second kappa shape index (κ2) is 5.81. The number of esters is 1. The lowest BCUT2D eigenvalue weighted by Crippen LogP contribution is -2.41. The van der Waals surface area contributed by atoms with Crippen LogP contribution >= 0.6 is 12.4 Å². The van der Waals surface area contributed by atoms with E-state index in [0.717, 1.165) is 6.26 Å². The molecule has 16 heavy (non-hydrogen) atoms. The Morgan fingerprint density at radius 1 is 1.69 bits per heavy atom. The third kappa shape index (κ3) is 2.93. The minimum Gasteiger partial charge on any atom is -0.472 e. The van der Waals surface area contributed by atoms with Crippen molar-refractivity contribution in [1.29, 1.82) is 0 Å². The molecule has 1 aromatic rings. The predicted molar refractivity (Wildman–Crippen MR) is 54.5 cm³/mol. The Morgan fingerprint density at radius 3 is 2.75 bits per heavy atom. The number of rotatable bonds is 4. The number of halogens is 3. The van der Waals surface area contributed by atoms with Gasteiger partial charge in [-0.3, -0.25) is 0 Å². The molecule has 1 rings (SSSR count). The molecular formula is C9H12ClF2NO3. The van der Waals surface area contributed by atoms with Crippen LogP contribution in [0.15, 0.2) is 23.0 Å². The summed E-state index contributed by atoms with van der Waals surface area (Å²) in [6.07, 6.45) is 2.27. The molecule has 0 aliphatic carbocycles. The van der Waals surface area contributed by atoms with Crippen molar-refractivity contribution in [1.82, 2.24) is 0 Å². The molecule has 0 amide bonds. The van der Waals surface area contributed by atoms with Gasteiger partial charge >= 0.3 is 11.9 Å². The van der Waals surface area contributed by atoms with Gasteiger partial charge in [0.1, 0.15) is 6.04 Å². The second-order valence-electron chi connectivity index (χ2n) is 2.88. The van der Waals surface area contributed by atoms with Gasteiger partial charge in [-0.05, 0) is 13.0 Å². The molecule has 2 N–H and O–H groups in total. The van der Waals surface area contributed by atoms with Gasteiger partial charge < -0.3 is 14.9 Å². The minimum atomic E-state index is -3.75. The van der Waals surface area contributed by atoms with Crippen molar-refractivity contribution in [2.75, 3.05) is 6.61 Å². The summed E-state index contributed by atoms with van der Waals surface area (Å²) in [5.41, 5.74) is 5.29. The summed E-state index contributed by atoms with van der Waals surface area (Å²) in [6.45, 7) is 1.32. The van der Waals surface area contributed by atoms with Crippen LogP contribution in [0.1, 0.15) is 18.5 Å². The molecule has 1 heterocycles. The van der Waals surface area contributed by atoms with Crippen LogP contribution in [0.3, 0.4) is 0 Å². The van der Waals surface area contributed by atoms with Crippen LogP contribution in [0, 0.1) is 0 Å². The number of nitrogens with two attached hydrogens (primary N) is 1. The van der Waals surface area contributed by atoms with E-state index in [9.17, 15) is 13.6 Å². The van der Waals surface area contributed by atoms with Crippen molar-refractivity contribution in [2.45, 2.75) is 18.9 Å². The van der Waals surface area contributed by atoms with Crippen molar-refractivity contribution in [3.8, 4) is 0 Å². The summed E-state index contributed by atoms with van der Waals surface area (Å²) in [5.74, 6) is -5.38. The molecule has 0 aliphatic heterocycles. The zero-order valence-corrected chi connectivity index (χ0v) is 9.30. The third-order valence-electron chi connectivity index (χ3n) is 1.84. The molecule has 0 aromatic carbocycles. The number of hydrogen-bond acceptors (Lipinski definition) is 4. The number of alkyl halides is 2. The normalized spacial score (nSPS) is 12.8. The lowest BCUT2D eigenvalue weighted by molar-refractivity contribution is -0.174. The molecular weight excluding hydrogens is 244 g/mol. The predicted octanol–water partition coefficient (Wildman–Crippen LogP) is 1.90. The first-order valence-corrected chi connectivity index (χ1v) is 4.32. The Labute approximate surface area is 97.1 Å². The first-order valence-electron chi connectivity index (χ1n) is 4.32. The topological polar surface area (TPSA) is 65.5 Å². The van der Waals surface area contributed by atoms with Gasteiger partial charge in [0.2, 0.25) is 0 Å². The van der Waals surface area contributed by atoms with E-state index in [0.29, 0.717) is 0 Å². The Kier molecular flexibility index (Phi) is 5.40. The van der Waals surface area contributed by atoms with E-state index in [1.165, 1.54) is 19.3 Å². The van der Waals surface area contributed by atoms with E-state index >= 15 is 0 Å². The van der Waals surface area contributed by atoms with Crippen molar-refractivity contribution < 1.29 is 22.7 Å². The van der Waals surface area contributed by atoms with Crippen LogP contribution in [0.4, 0.5) is 8.78 Å². The molecule has 0 bridgehead atoms. The van der Waals surface area contributed by atoms with Gasteiger partial charge in [-0.1, -0.05) is 0 Å². The van der Waals surface area contributed by atoms with E-state index in [-0.39, 0.29) is 24.6 Å². The van der Waals surface area contributed by atoms with Gasteiger partial charge in [0.25, 0.3) is 0 Å². The summed E-state index contributed by atoms with van der Waals surface area (Å²) < 4.78 is 35.5. The Bertz CT molecular complexity index is 330. The van der Waals surface area contributed by atoms with Crippen LogP contribution in [0.2, 0.25) is 0 Å². The van der Waals surface area contributed by atoms with Gasteiger partial charge in [0.05, 0.1) is 19.1 Å². The lowest BCUT2D eigenvalue weighted by Gasteiger charge is -2.20. The molecule has 0 spiro atoms. The fourth-order valence-corrected chi connectivity index (χ4v) is 1.02. The average molecular weight is 256 g/mol. The first kappa shape index (κ1) is 14.9. The highest BCUT2D eigenvalue weighted by molar-refractivity contribution is 5.85. The zero-order valence-electron chi connectivity index (χ0n) is 8.48. The van der Waals surface area contributed by atoms with E-state index in [2.05, 4.69) is 9.15 Å². The van der Waals surface area contributed by atoms with Gasteiger partial charge in [-0.15, -0.1) is 12.4 Å². The molecule has 0 aliphatic rings. The summed E-state index contributed by atoms with van der Waals surface area (Å²) >= 11 is 0. The maximum atomic E-state index is 13.3. The van der Waals surface area contributed by atoms with Crippen molar-refractivity contribution in [3.63, 3.8) is 0 Å². The molecule has 0 radical (unpaired) electrons. The second-order valence-corrected chi connectivity index (χ2v) is 2.88. The molecule has 0 saturated carbocycles. The highest BCUT2D eigenvalue weighted by Gasteiger charge is 2.48. The van der Waals surface area contributed by atoms with Gasteiger partial charge in [0, 0.05) is 5.56 Å². The number of carbonyl (C=O) groups excluding carboxylic acids is 1. The number of carbonyl (C=O) groups is 1. The Hall–Kier alpha value is -1.14. The van der Waals surface area contributed by atoms with E-state index in [1.54, 1.807) is 0 Å². The summed E-state index contributed by atoms with van der Waals surface area (Å²) in [7, 11) is 0. The minimum absolute atomic E-state index is 0. The molecule has 1 atom stereocenters. The van der Waals surface area contributed by atoms with E-state index in [4.69, 9.17) is 5.73 Å². The fraction of sp³-hybridized carbons (Fsp3) is 0.444.